The van der Waals surface area contributed by atoms with Crippen LogP contribution >= 0.6 is 11.6 Å². The topological polar surface area (TPSA) is 56.7 Å². The van der Waals surface area contributed by atoms with Crippen molar-refractivity contribution < 1.29 is 4.42 Å². The van der Waals surface area contributed by atoms with Crippen molar-refractivity contribution in [2.24, 2.45) is 17.8 Å². The average Bonchev–Trinajstić information content (AvgIpc) is 3.12. The molecular weight excluding hydrogens is 312 g/mol. The molecule has 0 saturated heterocycles. The lowest BCUT2D eigenvalue weighted by Crippen LogP contribution is -2.48. The molecule has 5 nitrogen and oxygen atoms in total. The number of aryl methyl sites for hydroxylation is 1. The monoisotopic (exact) mass is 332 g/mol. The Morgan fingerprint density at radius 3 is 2.39 bits per heavy atom. The maximum absolute atomic E-state index is 6.28. The molecular formula is C17H21ClN4O. The minimum atomic E-state index is 0.125. The predicted molar refractivity (Wildman–Crippen MR) is 86.1 cm³/mol. The van der Waals surface area contributed by atoms with E-state index in [2.05, 4.69) is 15.3 Å². The number of nitrogens with zero attached hydrogens (tertiary/aromatic N) is 4. The molecule has 0 atom stereocenters. The van der Waals surface area contributed by atoms with Crippen molar-refractivity contribution in [3.05, 3.63) is 17.1 Å². The summed E-state index contributed by atoms with van der Waals surface area (Å²) in [6.45, 7) is 2.80. The summed E-state index contributed by atoms with van der Waals surface area (Å²) in [6.07, 6.45) is 9.70. The zero-order chi connectivity index (χ0) is 15.6. The van der Waals surface area contributed by atoms with Crippen LogP contribution in [-0.2, 0) is 12.0 Å². The van der Waals surface area contributed by atoms with Crippen LogP contribution in [0.15, 0.2) is 10.6 Å². The second-order valence-corrected chi connectivity index (χ2v) is 8.20. The largest absolute Gasteiger partial charge is 0.419 e. The maximum atomic E-state index is 6.28. The summed E-state index contributed by atoms with van der Waals surface area (Å²) >= 11 is 6.28. The molecule has 0 radical (unpaired) electrons. The number of halogens is 1. The lowest BCUT2D eigenvalue weighted by molar-refractivity contribution is -0.0176. The van der Waals surface area contributed by atoms with Crippen LogP contribution in [0, 0.1) is 17.8 Å². The Labute approximate surface area is 140 Å². The van der Waals surface area contributed by atoms with E-state index >= 15 is 0 Å². The highest BCUT2D eigenvalue weighted by Crippen LogP contribution is 2.60. The van der Waals surface area contributed by atoms with Crippen LogP contribution in [0.25, 0.3) is 11.6 Å². The SMILES string of the molecule is CCn1cc(Cl)c(-c2nnc(C34CC5CC(CC(C5)C3)C4)o2)n1. The van der Waals surface area contributed by atoms with E-state index in [0.29, 0.717) is 16.6 Å². The summed E-state index contributed by atoms with van der Waals surface area (Å²) in [5.41, 5.74) is 0.733. The van der Waals surface area contributed by atoms with Gasteiger partial charge in [-0.2, -0.15) is 5.10 Å². The maximum Gasteiger partial charge on any atom is 0.269 e. The van der Waals surface area contributed by atoms with Crippen molar-refractivity contribution >= 4 is 11.6 Å². The summed E-state index contributed by atoms with van der Waals surface area (Å²) in [5.74, 6) is 3.88. The Bertz CT molecular complexity index is 714. The highest BCUT2D eigenvalue weighted by Gasteiger charge is 2.54. The van der Waals surface area contributed by atoms with Gasteiger partial charge >= 0.3 is 0 Å². The number of hydrogen-bond acceptors (Lipinski definition) is 4. The minimum absolute atomic E-state index is 0.125. The molecule has 0 spiro atoms. The Hall–Kier alpha value is -1.36. The van der Waals surface area contributed by atoms with Crippen LogP contribution in [-0.4, -0.2) is 20.0 Å². The first-order valence-electron chi connectivity index (χ1n) is 8.72. The van der Waals surface area contributed by atoms with E-state index in [-0.39, 0.29) is 5.41 Å². The molecule has 0 aliphatic heterocycles. The van der Waals surface area contributed by atoms with Gasteiger partial charge in [-0.1, -0.05) is 11.6 Å². The number of aromatic nitrogens is 4. The second kappa shape index (κ2) is 4.82. The second-order valence-electron chi connectivity index (χ2n) is 7.79. The summed E-state index contributed by atoms with van der Waals surface area (Å²) < 4.78 is 7.91. The molecule has 4 fully saturated rings. The van der Waals surface area contributed by atoms with Gasteiger partial charge in [-0.25, -0.2) is 0 Å². The Morgan fingerprint density at radius 2 is 1.83 bits per heavy atom. The fourth-order valence-electron chi connectivity index (χ4n) is 5.61. The van der Waals surface area contributed by atoms with E-state index < -0.39 is 0 Å². The van der Waals surface area contributed by atoms with Gasteiger partial charge in [-0.3, -0.25) is 4.68 Å². The molecule has 4 aliphatic carbocycles. The van der Waals surface area contributed by atoms with Crippen molar-refractivity contribution in [3.8, 4) is 11.6 Å². The summed E-state index contributed by atoms with van der Waals surface area (Å²) in [5, 5.41) is 13.7. The molecule has 0 aromatic carbocycles. The van der Waals surface area contributed by atoms with Gasteiger partial charge in [0.15, 0.2) is 5.69 Å². The summed E-state index contributed by atoms with van der Waals surface area (Å²) in [6, 6.07) is 0. The Morgan fingerprint density at radius 1 is 1.17 bits per heavy atom. The molecule has 4 bridgehead atoms. The van der Waals surface area contributed by atoms with Crippen LogP contribution in [0.3, 0.4) is 0 Å². The van der Waals surface area contributed by atoms with Crippen LogP contribution in [0.2, 0.25) is 5.02 Å². The molecule has 0 unspecified atom stereocenters. The first kappa shape index (κ1) is 14.0. The molecule has 0 amide bonds. The van der Waals surface area contributed by atoms with E-state index in [1.165, 1.54) is 38.5 Å². The molecule has 122 valence electrons. The third kappa shape index (κ3) is 2.09. The highest BCUT2D eigenvalue weighted by atomic mass is 35.5. The van der Waals surface area contributed by atoms with Crippen LogP contribution in [0.1, 0.15) is 51.3 Å². The molecule has 23 heavy (non-hydrogen) atoms. The van der Waals surface area contributed by atoms with E-state index in [4.69, 9.17) is 16.0 Å². The van der Waals surface area contributed by atoms with Crippen molar-refractivity contribution in [1.82, 2.24) is 20.0 Å². The van der Waals surface area contributed by atoms with Gasteiger partial charge in [-0.15, -0.1) is 10.2 Å². The Balaban J connectivity index is 1.51. The normalized spacial score (nSPS) is 35.1. The Kier molecular flexibility index (Phi) is 2.94. The molecule has 4 saturated carbocycles. The van der Waals surface area contributed by atoms with Crippen molar-refractivity contribution in [2.75, 3.05) is 0 Å². The van der Waals surface area contributed by atoms with Gasteiger partial charge in [0.1, 0.15) is 0 Å². The molecule has 2 heterocycles. The lowest BCUT2D eigenvalue weighted by atomic mass is 9.49. The smallest absolute Gasteiger partial charge is 0.269 e. The molecule has 6 heteroatoms. The average molecular weight is 333 g/mol. The minimum Gasteiger partial charge on any atom is -0.419 e. The van der Waals surface area contributed by atoms with E-state index in [0.717, 1.165) is 30.2 Å². The molecule has 6 rings (SSSR count). The van der Waals surface area contributed by atoms with E-state index in [1.807, 2.05) is 13.1 Å². The first-order valence-corrected chi connectivity index (χ1v) is 9.10. The number of hydrogen-bond donors (Lipinski definition) is 0. The lowest BCUT2D eigenvalue weighted by Gasteiger charge is -2.55. The third-order valence-electron chi connectivity index (χ3n) is 6.16. The van der Waals surface area contributed by atoms with Crippen molar-refractivity contribution in [2.45, 2.75) is 57.4 Å². The third-order valence-corrected chi connectivity index (χ3v) is 6.44. The van der Waals surface area contributed by atoms with Gasteiger partial charge in [0.25, 0.3) is 5.89 Å². The van der Waals surface area contributed by atoms with E-state index in [9.17, 15) is 0 Å². The fraction of sp³-hybridized carbons (Fsp3) is 0.706. The molecule has 0 N–H and O–H groups in total. The molecule has 4 aliphatic rings. The molecule has 2 aromatic rings. The van der Waals surface area contributed by atoms with Gasteiger partial charge in [0.2, 0.25) is 5.89 Å². The van der Waals surface area contributed by atoms with E-state index in [1.54, 1.807) is 4.68 Å². The fourth-order valence-corrected chi connectivity index (χ4v) is 5.84. The van der Waals surface area contributed by atoms with Crippen LogP contribution in [0.4, 0.5) is 0 Å². The van der Waals surface area contributed by atoms with Gasteiger partial charge in [0, 0.05) is 18.2 Å². The van der Waals surface area contributed by atoms with Crippen LogP contribution < -0.4 is 0 Å². The predicted octanol–water partition coefficient (Wildman–Crippen LogP) is 4.07. The van der Waals surface area contributed by atoms with Crippen LogP contribution in [0.5, 0.6) is 0 Å². The summed E-state index contributed by atoms with van der Waals surface area (Å²) in [4.78, 5) is 0. The zero-order valence-corrected chi connectivity index (χ0v) is 14.1. The molecule has 2 aromatic heterocycles. The quantitative estimate of drug-likeness (QED) is 0.850. The van der Waals surface area contributed by atoms with Crippen molar-refractivity contribution in [3.63, 3.8) is 0 Å². The van der Waals surface area contributed by atoms with Gasteiger partial charge in [-0.05, 0) is 63.2 Å². The zero-order valence-electron chi connectivity index (χ0n) is 13.3. The van der Waals surface area contributed by atoms with Gasteiger partial charge in [0.05, 0.1) is 5.02 Å². The summed E-state index contributed by atoms with van der Waals surface area (Å²) in [7, 11) is 0. The van der Waals surface area contributed by atoms with Crippen molar-refractivity contribution in [1.29, 1.82) is 0 Å². The standard InChI is InChI=1S/C17H21ClN4O/c1-2-22-9-13(18)14(21-22)15-19-20-16(23-15)17-6-10-3-11(7-17)5-12(4-10)8-17/h9-12H,2-8H2,1H3. The number of rotatable bonds is 3. The van der Waals surface area contributed by atoms with Gasteiger partial charge < -0.3 is 4.42 Å². The highest BCUT2D eigenvalue weighted by molar-refractivity contribution is 6.32. The first-order chi connectivity index (χ1) is 11.1.